The molecule has 7 nitrogen and oxygen atoms in total. The van der Waals surface area contributed by atoms with Gasteiger partial charge in [-0.1, -0.05) is 0 Å². The summed E-state index contributed by atoms with van der Waals surface area (Å²) in [6.07, 6.45) is 0.219. The molecule has 0 spiro atoms. The molecule has 0 unspecified atom stereocenters. The molecule has 2 aromatic heterocycles. The summed E-state index contributed by atoms with van der Waals surface area (Å²) in [7, 11) is 3.14. The molecule has 0 aliphatic carbocycles. The minimum absolute atomic E-state index is 0.139. The summed E-state index contributed by atoms with van der Waals surface area (Å²) in [6.45, 7) is 5.80. The Balaban J connectivity index is 1.80. The number of anilines is 1. The molecular weight excluding hydrogens is 364 g/mol. The first-order chi connectivity index (χ1) is 12.9. The molecule has 0 saturated heterocycles. The van der Waals surface area contributed by atoms with Gasteiger partial charge in [0.05, 0.1) is 37.7 Å². The third-order valence-corrected chi connectivity index (χ3v) is 5.18. The number of aromatic nitrogens is 3. The van der Waals surface area contributed by atoms with Crippen LogP contribution < -0.4 is 14.8 Å². The van der Waals surface area contributed by atoms with Crippen molar-refractivity contribution in [2.24, 2.45) is 0 Å². The molecule has 1 aromatic carbocycles. The fourth-order valence-corrected chi connectivity index (χ4v) is 3.62. The Kier molecular flexibility index (Phi) is 5.46. The Morgan fingerprint density at radius 3 is 2.63 bits per heavy atom. The van der Waals surface area contributed by atoms with E-state index in [4.69, 9.17) is 9.47 Å². The first kappa shape index (κ1) is 18.9. The topological polar surface area (TPSA) is 78.3 Å². The van der Waals surface area contributed by atoms with Gasteiger partial charge >= 0.3 is 0 Å². The number of hydrogen-bond donors (Lipinski definition) is 1. The number of amides is 1. The van der Waals surface area contributed by atoms with Crippen molar-refractivity contribution < 1.29 is 14.3 Å². The van der Waals surface area contributed by atoms with Crippen LogP contribution in [0.2, 0.25) is 0 Å². The van der Waals surface area contributed by atoms with Gasteiger partial charge in [0.2, 0.25) is 11.0 Å². The van der Waals surface area contributed by atoms with Gasteiger partial charge in [-0.3, -0.25) is 4.79 Å². The SMILES string of the molecule is COc1ccc(NC(=O)Cc2c(C)nn(-c3nc(C)cs3)c2C)c(OC)c1. The molecule has 0 aliphatic heterocycles. The standard InChI is InChI=1S/C19H22N4O3S/c1-11-10-27-19(20-11)23-13(3)15(12(2)22-23)9-18(24)21-16-7-6-14(25-4)8-17(16)26-5/h6-8,10H,9H2,1-5H3,(H,21,24). The number of rotatable bonds is 6. The fraction of sp³-hybridized carbons (Fsp3) is 0.316. The highest BCUT2D eigenvalue weighted by Crippen LogP contribution is 2.29. The summed E-state index contributed by atoms with van der Waals surface area (Å²) < 4.78 is 12.3. The molecule has 0 radical (unpaired) electrons. The van der Waals surface area contributed by atoms with Crippen LogP contribution in [0, 0.1) is 20.8 Å². The zero-order valence-corrected chi connectivity index (χ0v) is 16.8. The lowest BCUT2D eigenvalue weighted by atomic mass is 10.1. The second kappa shape index (κ2) is 7.79. The summed E-state index contributed by atoms with van der Waals surface area (Å²) >= 11 is 1.53. The van der Waals surface area contributed by atoms with Crippen molar-refractivity contribution in [2.75, 3.05) is 19.5 Å². The van der Waals surface area contributed by atoms with Gasteiger partial charge in [0.1, 0.15) is 11.5 Å². The van der Waals surface area contributed by atoms with Crippen LogP contribution >= 0.6 is 11.3 Å². The lowest BCUT2D eigenvalue weighted by Gasteiger charge is -2.11. The molecule has 3 aromatic rings. The maximum atomic E-state index is 12.6. The number of aryl methyl sites for hydroxylation is 2. The minimum Gasteiger partial charge on any atom is -0.497 e. The van der Waals surface area contributed by atoms with Crippen LogP contribution in [-0.4, -0.2) is 34.9 Å². The highest BCUT2D eigenvalue weighted by atomic mass is 32.1. The van der Waals surface area contributed by atoms with E-state index in [0.29, 0.717) is 17.2 Å². The summed E-state index contributed by atoms with van der Waals surface area (Å²) in [5.74, 6) is 1.07. The van der Waals surface area contributed by atoms with Crippen molar-refractivity contribution in [3.8, 4) is 16.6 Å². The predicted molar refractivity (Wildman–Crippen MR) is 105 cm³/mol. The van der Waals surface area contributed by atoms with Gasteiger partial charge in [-0.25, -0.2) is 9.67 Å². The van der Waals surface area contributed by atoms with E-state index in [1.807, 2.05) is 26.2 Å². The lowest BCUT2D eigenvalue weighted by molar-refractivity contribution is -0.115. The molecule has 1 amide bonds. The van der Waals surface area contributed by atoms with Gasteiger partial charge in [0.15, 0.2) is 0 Å². The Bertz CT molecular complexity index is 977. The molecule has 0 bridgehead atoms. The Morgan fingerprint density at radius 1 is 1.22 bits per heavy atom. The molecule has 0 atom stereocenters. The van der Waals surface area contributed by atoms with E-state index in [0.717, 1.165) is 27.8 Å². The number of thiazole rings is 1. The quantitative estimate of drug-likeness (QED) is 0.702. The van der Waals surface area contributed by atoms with E-state index in [2.05, 4.69) is 15.4 Å². The van der Waals surface area contributed by atoms with Gasteiger partial charge in [-0.15, -0.1) is 11.3 Å². The normalized spacial score (nSPS) is 10.7. The highest BCUT2D eigenvalue weighted by Gasteiger charge is 2.18. The van der Waals surface area contributed by atoms with E-state index < -0.39 is 0 Å². The second-order valence-electron chi connectivity index (χ2n) is 6.12. The lowest BCUT2D eigenvalue weighted by Crippen LogP contribution is -2.16. The number of benzene rings is 1. The molecule has 0 fully saturated rings. The Morgan fingerprint density at radius 2 is 2.00 bits per heavy atom. The summed E-state index contributed by atoms with van der Waals surface area (Å²) in [6, 6.07) is 5.27. The highest BCUT2D eigenvalue weighted by molar-refractivity contribution is 7.12. The second-order valence-corrected chi connectivity index (χ2v) is 6.96. The number of carbonyl (C=O) groups is 1. The number of nitrogens with zero attached hydrogens (tertiary/aromatic N) is 3. The van der Waals surface area contributed by atoms with Crippen LogP contribution in [0.1, 0.15) is 22.6 Å². The Hall–Kier alpha value is -2.87. The largest absolute Gasteiger partial charge is 0.497 e. The molecule has 2 heterocycles. The number of carbonyl (C=O) groups excluding carboxylic acids is 1. The fourth-order valence-electron chi connectivity index (χ4n) is 2.81. The molecule has 142 valence electrons. The monoisotopic (exact) mass is 386 g/mol. The summed E-state index contributed by atoms with van der Waals surface area (Å²) in [4.78, 5) is 17.1. The van der Waals surface area contributed by atoms with Crippen molar-refractivity contribution in [3.63, 3.8) is 0 Å². The number of methoxy groups -OCH3 is 2. The van der Waals surface area contributed by atoms with E-state index >= 15 is 0 Å². The minimum atomic E-state index is -0.139. The Labute approximate surface area is 162 Å². The average Bonchev–Trinajstić information content (AvgIpc) is 3.20. The van der Waals surface area contributed by atoms with Crippen molar-refractivity contribution in [3.05, 3.63) is 46.2 Å². The van der Waals surface area contributed by atoms with E-state index in [-0.39, 0.29) is 12.3 Å². The molecule has 8 heteroatoms. The number of ether oxygens (including phenoxy) is 2. The molecule has 0 aliphatic rings. The zero-order valence-electron chi connectivity index (χ0n) is 16.0. The predicted octanol–water partition coefficient (Wildman–Crippen LogP) is 3.45. The average molecular weight is 386 g/mol. The first-order valence-corrected chi connectivity index (χ1v) is 9.30. The molecule has 0 saturated carbocycles. The van der Waals surface area contributed by atoms with Gasteiger partial charge in [0.25, 0.3) is 0 Å². The van der Waals surface area contributed by atoms with E-state index in [1.165, 1.54) is 11.3 Å². The van der Waals surface area contributed by atoms with Crippen molar-refractivity contribution in [1.82, 2.24) is 14.8 Å². The number of hydrogen-bond acceptors (Lipinski definition) is 6. The molecule has 3 rings (SSSR count). The maximum Gasteiger partial charge on any atom is 0.229 e. The smallest absolute Gasteiger partial charge is 0.229 e. The van der Waals surface area contributed by atoms with E-state index in [1.54, 1.807) is 37.1 Å². The molecule has 27 heavy (non-hydrogen) atoms. The molecule has 1 N–H and O–H groups in total. The van der Waals surface area contributed by atoms with Crippen LogP contribution in [0.15, 0.2) is 23.6 Å². The van der Waals surface area contributed by atoms with Crippen molar-refractivity contribution in [2.45, 2.75) is 27.2 Å². The maximum absolute atomic E-state index is 12.6. The molecular formula is C19H22N4O3S. The zero-order chi connectivity index (χ0) is 19.6. The van der Waals surface area contributed by atoms with Crippen LogP contribution in [0.4, 0.5) is 5.69 Å². The third kappa shape index (κ3) is 3.95. The number of nitrogens with one attached hydrogen (secondary N) is 1. The van der Waals surface area contributed by atoms with E-state index in [9.17, 15) is 4.79 Å². The van der Waals surface area contributed by atoms with Gasteiger partial charge in [-0.05, 0) is 32.9 Å². The van der Waals surface area contributed by atoms with Crippen LogP contribution in [0.5, 0.6) is 11.5 Å². The van der Waals surface area contributed by atoms with Crippen LogP contribution in [0.3, 0.4) is 0 Å². The van der Waals surface area contributed by atoms with Crippen molar-refractivity contribution in [1.29, 1.82) is 0 Å². The van der Waals surface area contributed by atoms with Crippen molar-refractivity contribution >= 4 is 22.9 Å². The first-order valence-electron chi connectivity index (χ1n) is 8.42. The van der Waals surface area contributed by atoms with Crippen LogP contribution in [-0.2, 0) is 11.2 Å². The third-order valence-electron chi connectivity index (χ3n) is 4.25. The van der Waals surface area contributed by atoms with Gasteiger partial charge < -0.3 is 14.8 Å². The summed E-state index contributed by atoms with van der Waals surface area (Å²) in [5.41, 5.74) is 4.18. The summed E-state index contributed by atoms with van der Waals surface area (Å²) in [5, 5.41) is 10.2. The van der Waals surface area contributed by atoms with Gasteiger partial charge in [0, 0.05) is 22.7 Å². The van der Waals surface area contributed by atoms with Gasteiger partial charge in [-0.2, -0.15) is 5.10 Å². The van der Waals surface area contributed by atoms with Crippen LogP contribution in [0.25, 0.3) is 5.13 Å².